The maximum absolute atomic E-state index is 12.9. The zero-order valence-corrected chi connectivity index (χ0v) is 16.7. The molecule has 0 aromatic heterocycles. The van der Waals surface area contributed by atoms with Crippen molar-refractivity contribution >= 4 is 26.7 Å². The number of morpholine rings is 1. The van der Waals surface area contributed by atoms with Gasteiger partial charge in [-0.05, 0) is 29.1 Å². The zero-order valence-electron chi connectivity index (χ0n) is 15.9. The molecule has 6 nitrogen and oxygen atoms in total. The van der Waals surface area contributed by atoms with Crippen LogP contribution in [-0.4, -0.2) is 45.5 Å². The van der Waals surface area contributed by atoms with Crippen LogP contribution in [0.5, 0.6) is 0 Å². The molecule has 3 aromatic rings. The van der Waals surface area contributed by atoms with Crippen molar-refractivity contribution < 1.29 is 17.9 Å². The maximum atomic E-state index is 12.9. The molecule has 3 aromatic carbocycles. The van der Waals surface area contributed by atoms with Crippen molar-refractivity contribution in [1.82, 2.24) is 9.62 Å². The molecule has 1 N–H and O–H groups in total. The van der Waals surface area contributed by atoms with E-state index in [1.165, 1.54) is 0 Å². The SMILES string of the molecule is O=C(c1cccc(CNS(=O)(=O)c2cccc3ccccc23)c1)N1CCOCC1. The van der Waals surface area contributed by atoms with Gasteiger partial charge in [-0.1, -0.05) is 48.5 Å². The van der Waals surface area contributed by atoms with Crippen LogP contribution in [0.3, 0.4) is 0 Å². The lowest BCUT2D eigenvalue weighted by atomic mass is 10.1. The van der Waals surface area contributed by atoms with Gasteiger partial charge < -0.3 is 9.64 Å². The number of nitrogens with one attached hydrogen (secondary N) is 1. The molecule has 0 saturated carbocycles. The first kappa shape index (κ1) is 19.6. The molecule has 0 radical (unpaired) electrons. The van der Waals surface area contributed by atoms with Crippen LogP contribution >= 0.6 is 0 Å². The smallest absolute Gasteiger partial charge is 0.254 e. The molecule has 0 aliphatic carbocycles. The lowest BCUT2D eigenvalue weighted by Crippen LogP contribution is -2.40. The van der Waals surface area contributed by atoms with Gasteiger partial charge in [0.25, 0.3) is 5.91 Å². The number of carbonyl (C=O) groups excluding carboxylic acids is 1. The van der Waals surface area contributed by atoms with Crippen LogP contribution < -0.4 is 4.72 Å². The van der Waals surface area contributed by atoms with E-state index in [0.717, 1.165) is 10.9 Å². The molecule has 1 fully saturated rings. The van der Waals surface area contributed by atoms with Crippen molar-refractivity contribution in [2.75, 3.05) is 26.3 Å². The van der Waals surface area contributed by atoms with E-state index in [-0.39, 0.29) is 17.3 Å². The highest BCUT2D eigenvalue weighted by molar-refractivity contribution is 7.89. The van der Waals surface area contributed by atoms with E-state index in [1.54, 1.807) is 41.3 Å². The Morgan fingerprint density at radius 2 is 1.69 bits per heavy atom. The van der Waals surface area contributed by atoms with Crippen molar-refractivity contribution in [3.63, 3.8) is 0 Å². The summed E-state index contributed by atoms with van der Waals surface area (Å²) in [5, 5.41) is 1.55. The van der Waals surface area contributed by atoms with Gasteiger partial charge in [-0.3, -0.25) is 4.79 Å². The monoisotopic (exact) mass is 410 g/mol. The maximum Gasteiger partial charge on any atom is 0.254 e. The Morgan fingerprint density at radius 1 is 0.966 bits per heavy atom. The second kappa shape index (κ2) is 8.32. The third-order valence-corrected chi connectivity index (χ3v) is 6.44. The number of rotatable bonds is 5. The summed E-state index contributed by atoms with van der Waals surface area (Å²) >= 11 is 0. The molecule has 4 rings (SSSR count). The topological polar surface area (TPSA) is 75.7 Å². The van der Waals surface area contributed by atoms with Crippen LogP contribution in [0.2, 0.25) is 0 Å². The summed E-state index contributed by atoms with van der Waals surface area (Å²) in [5.41, 5.74) is 1.28. The van der Waals surface area contributed by atoms with E-state index in [2.05, 4.69) is 4.72 Å². The van der Waals surface area contributed by atoms with E-state index in [0.29, 0.717) is 37.3 Å². The van der Waals surface area contributed by atoms with Gasteiger partial charge in [0.2, 0.25) is 10.0 Å². The Balaban J connectivity index is 1.52. The van der Waals surface area contributed by atoms with Crippen molar-refractivity contribution in [3.05, 3.63) is 77.9 Å². The van der Waals surface area contributed by atoms with Crippen LogP contribution in [-0.2, 0) is 21.3 Å². The van der Waals surface area contributed by atoms with E-state index < -0.39 is 10.0 Å². The Bertz CT molecular complexity index is 1130. The van der Waals surface area contributed by atoms with Gasteiger partial charge in [-0.2, -0.15) is 0 Å². The van der Waals surface area contributed by atoms with Gasteiger partial charge in [0.15, 0.2) is 0 Å². The Labute approximate surface area is 170 Å². The molecule has 1 saturated heterocycles. The third-order valence-electron chi connectivity index (χ3n) is 4.98. The first-order valence-electron chi connectivity index (χ1n) is 9.48. The minimum Gasteiger partial charge on any atom is -0.378 e. The molecule has 150 valence electrons. The predicted octanol–water partition coefficient (Wildman–Crippen LogP) is 2.79. The molecule has 0 atom stereocenters. The van der Waals surface area contributed by atoms with Crippen molar-refractivity contribution in [2.24, 2.45) is 0 Å². The number of benzene rings is 3. The second-order valence-corrected chi connectivity index (χ2v) is 8.64. The number of amides is 1. The number of nitrogens with zero attached hydrogens (tertiary/aromatic N) is 1. The molecule has 0 bridgehead atoms. The highest BCUT2D eigenvalue weighted by Gasteiger charge is 2.20. The number of hydrogen-bond donors (Lipinski definition) is 1. The zero-order chi connectivity index (χ0) is 20.3. The second-order valence-electron chi connectivity index (χ2n) is 6.91. The minimum atomic E-state index is -3.70. The summed E-state index contributed by atoms with van der Waals surface area (Å²) in [6.45, 7) is 2.32. The first-order valence-corrected chi connectivity index (χ1v) is 11.0. The molecule has 1 amide bonds. The Kier molecular flexibility index (Phi) is 5.62. The normalized spacial score (nSPS) is 14.8. The number of ether oxygens (including phenoxy) is 1. The van der Waals surface area contributed by atoms with Gasteiger partial charge >= 0.3 is 0 Å². The number of carbonyl (C=O) groups is 1. The predicted molar refractivity (Wildman–Crippen MR) is 111 cm³/mol. The Hall–Kier alpha value is -2.74. The number of sulfonamides is 1. The fraction of sp³-hybridized carbons (Fsp3) is 0.227. The van der Waals surface area contributed by atoms with Crippen LogP contribution in [0.4, 0.5) is 0 Å². The summed E-state index contributed by atoms with van der Waals surface area (Å²) in [6.07, 6.45) is 0. The van der Waals surface area contributed by atoms with Gasteiger partial charge in [0.05, 0.1) is 18.1 Å². The fourth-order valence-corrected chi connectivity index (χ4v) is 4.69. The molecule has 1 heterocycles. The van der Waals surface area contributed by atoms with Gasteiger partial charge in [0, 0.05) is 30.6 Å². The van der Waals surface area contributed by atoms with Gasteiger partial charge in [0.1, 0.15) is 0 Å². The average Bonchev–Trinajstić information content (AvgIpc) is 2.77. The number of fused-ring (bicyclic) bond motifs is 1. The highest BCUT2D eigenvalue weighted by atomic mass is 32.2. The van der Waals surface area contributed by atoms with Gasteiger partial charge in [-0.15, -0.1) is 0 Å². The summed E-state index contributed by atoms with van der Waals surface area (Å²) in [7, 11) is -3.70. The molecular formula is C22H22N2O4S. The summed E-state index contributed by atoms with van der Waals surface area (Å²) in [5.74, 6) is -0.0629. The summed E-state index contributed by atoms with van der Waals surface area (Å²) in [6, 6.07) is 19.7. The van der Waals surface area contributed by atoms with Crippen LogP contribution in [0.1, 0.15) is 15.9 Å². The van der Waals surface area contributed by atoms with Crippen LogP contribution in [0.15, 0.2) is 71.6 Å². The summed E-state index contributed by atoms with van der Waals surface area (Å²) < 4.78 is 33.7. The standard InChI is InChI=1S/C22H22N2O4S/c25-22(24-11-13-28-14-12-24)19-8-3-5-17(15-19)16-23-29(26,27)21-10-4-7-18-6-1-2-9-20(18)21/h1-10,15,23H,11-14,16H2. The molecule has 29 heavy (non-hydrogen) atoms. The quantitative estimate of drug-likeness (QED) is 0.702. The molecular weight excluding hydrogens is 388 g/mol. The average molecular weight is 410 g/mol. The van der Waals surface area contributed by atoms with Crippen molar-refractivity contribution in [3.8, 4) is 0 Å². The molecule has 0 unspecified atom stereocenters. The fourth-order valence-electron chi connectivity index (χ4n) is 3.45. The minimum absolute atomic E-state index is 0.0629. The van der Waals surface area contributed by atoms with Crippen LogP contribution in [0, 0.1) is 0 Å². The number of hydrogen-bond acceptors (Lipinski definition) is 4. The molecule has 1 aliphatic rings. The largest absolute Gasteiger partial charge is 0.378 e. The van der Waals surface area contributed by atoms with Crippen molar-refractivity contribution in [2.45, 2.75) is 11.4 Å². The van der Waals surface area contributed by atoms with Gasteiger partial charge in [-0.25, -0.2) is 13.1 Å². The van der Waals surface area contributed by atoms with Crippen molar-refractivity contribution in [1.29, 1.82) is 0 Å². The Morgan fingerprint density at radius 3 is 2.52 bits per heavy atom. The highest BCUT2D eigenvalue weighted by Crippen LogP contribution is 2.23. The van der Waals surface area contributed by atoms with E-state index in [4.69, 9.17) is 4.74 Å². The van der Waals surface area contributed by atoms with Crippen LogP contribution in [0.25, 0.3) is 10.8 Å². The molecule has 7 heteroatoms. The molecule has 1 aliphatic heterocycles. The van der Waals surface area contributed by atoms with E-state index >= 15 is 0 Å². The summed E-state index contributed by atoms with van der Waals surface area (Å²) in [4.78, 5) is 14.7. The first-order chi connectivity index (χ1) is 14.0. The van der Waals surface area contributed by atoms with E-state index in [1.807, 2.05) is 30.3 Å². The molecule has 0 spiro atoms. The lowest BCUT2D eigenvalue weighted by Gasteiger charge is -2.27. The third kappa shape index (κ3) is 4.32. The van der Waals surface area contributed by atoms with E-state index in [9.17, 15) is 13.2 Å². The lowest BCUT2D eigenvalue weighted by molar-refractivity contribution is 0.0303.